The maximum Gasteiger partial charge on any atom is 0.122 e. The van der Waals surface area contributed by atoms with E-state index in [9.17, 15) is 0 Å². The third kappa shape index (κ3) is 3.04. The molecule has 1 unspecified atom stereocenters. The van der Waals surface area contributed by atoms with Crippen molar-refractivity contribution >= 4 is 0 Å². The quantitative estimate of drug-likeness (QED) is 0.774. The van der Waals surface area contributed by atoms with Gasteiger partial charge < -0.3 is 10.1 Å². The number of hydrogen-bond acceptors (Lipinski definition) is 2. The Morgan fingerprint density at radius 3 is 2.71 bits per heavy atom. The number of benzene rings is 1. The van der Waals surface area contributed by atoms with Gasteiger partial charge in [0.15, 0.2) is 0 Å². The lowest BCUT2D eigenvalue weighted by molar-refractivity contribution is 0.277. The van der Waals surface area contributed by atoms with Crippen molar-refractivity contribution in [3.8, 4) is 5.75 Å². The van der Waals surface area contributed by atoms with E-state index in [1.54, 1.807) is 0 Å². The fraction of sp³-hybridized carbons (Fsp3) is 0.500. The highest BCUT2D eigenvalue weighted by molar-refractivity contribution is 5.33. The van der Waals surface area contributed by atoms with E-state index in [-0.39, 0.29) is 0 Å². The fourth-order valence-corrected chi connectivity index (χ4v) is 1.23. The highest BCUT2D eigenvalue weighted by Gasteiger charge is 2.02. The van der Waals surface area contributed by atoms with Gasteiger partial charge in [0.05, 0.1) is 0 Å². The predicted octanol–water partition coefficient (Wildman–Crippen LogP) is 2.24. The Kier molecular flexibility index (Phi) is 4.47. The van der Waals surface area contributed by atoms with E-state index >= 15 is 0 Å². The van der Waals surface area contributed by atoms with Gasteiger partial charge in [-0.05, 0) is 32.0 Å². The van der Waals surface area contributed by atoms with E-state index in [4.69, 9.17) is 4.74 Å². The van der Waals surface area contributed by atoms with Crippen LogP contribution in [0.3, 0.4) is 0 Å². The molecule has 0 aliphatic rings. The van der Waals surface area contributed by atoms with Crippen molar-refractivity contribution < 1.29 is 4.74 Å². The highest BCUT2D eigenvalue weighted by atomic mass is 16.5. The Labute approximate surface area is 86.3 Å². The topological polar surface area (TPSA) is 21.3 Å². The predicted molar refractivity (Wildman–Crippen MR) is 59.8 cm³/mol. The first-order valence-corrected chi connectivity index (χ1v) is 5.16. The molecule has 1 N–H and O–H groups in total. The molecular formula is C12H19NO. The highest BCUT2D eigenvalue weighted by Crippen LogP contribution is 2.18. The summed E-state index contributed by atoms with van der Waals surface area (Å²) in [7, 11) is 1.94. The van der Waals surface area contributed by atoms with Crippen molar-refractivity contribution in [3.63, 3.8) is 0 Å². The molecule has 0 aliphatic heterocycles. The van der Waals surface area contributed by atoms with Crippen molar-refractivity contribution in [1.29, 1.82) is 0 Å². The number of likely N-dealkylation sites (N-methyl/N-ethyl adjacent to an activating group) is 1. The molecule has 0 aliphatic carbocycles. The van der Waals surface area contributed by atoms with Gasteiger partial charge in [-0.25, -0.2) is 0 Å². The summed E-state index contributed by atoms with van der Waals surface area (Å²) in [6.07, 6.45) is 1.02. The Bertz CT molecular complexity index is 273. The lowest BCUT2D eigenvalue weighted by Gasteiger charge is -2.14. The summed E-state index contributed by atoms with van der Waals surface area (Å²) in [6, 6.07) is 8.59. The lowest BCUT2D eigenvalue weighted by atomic mass is 10.1. The minimum absolute atomic E-state index is 0.389. The molecule has 0 heterocycles. The second-order valence-electron chi connectivity index (χ2n) is 3.46. The monoisotopic (exact) mass is 193 g/mol. The van der Waals surface area contributed by atoms with E-state index in [1.165, 1.54) is 5.56 Å². The van der Waals surface area contributed by atoms with Crippen LogP contribution in [0, 0.1) is 0 Å². The molecular weight excluding hydrogens is 174 g/mol. The van der Waals surface area contributed by atoms with Crippen LogP contribution in [0.4, 0.5) is 0 Å². The molecule has 0 saturated carbocycles. The summed E-state index contributed by atoms with van der Waals surface area (Å²) in [5, 5.41) is 3.15. The summed E-state index contributed by atoms with van der Waals surface area (Å²) < 4.78 is 5.72. The molecule has 2 heteroatoms. The molecule has 1 aromatic rings. The standard InChI is InChI=1S/C12H19NO/c1-4-11-7-5-6-8-12(11)14-9-10(2)13-3/h5-8,10,13H,4,9H2,1-3H3. The molecule has 1 atom stereocenters. The third-order valence-electron chi connectivity index (χ3n) is 2.34. The number of rotatable bonds is 5. The summed E-state index contributed by atoms with van der Waals surface area (Å²) in [5.74, 6) is 1.01. The number of para-hydroxylation sites is 1. The molecule has 0 radical (unpaired) electrons. The molecule has 0 aromatic heterocycles. The molecule has 1 aromatic carbocycles. The van der Waals surface area contributed by atoms with Crippen LogP contribution in [0.5, 0.6) is 5.75 Å². The van der Waals surface area contributed by atoms with Crippen LogP contribution < -0.4 is 10.1 Å². The molecule has 78 valence electrons. The van der Waals surface area contributed by atoms with E-state index in [0.717, 1.165) is 12.2 Å². The van der Waals surface area contributed by atoms with Crippen molar-refractivity contribution in [2.75, 3.05) is 13.7 Å². The second-order valence-corrected chi connectivity index (χ2v) is 3.46. The number of aryl methyl sites for hydroxylation is 1. The Balaban J connectivity index is 2.57. The van der Waals surface area contributed by atoms with Gasteiger partial charge in [-0.15, -0.1) is 0 Å². The number of nitrogens with one attached hydrogen (secondary N) is 1. The van der Waals surface area contributed by atoms with E-state index in [2.05, 4.69) is 25.2 Å². The largest absolute Gasteiger partial charge is 0.492 e. The first-order chi connectivity index (χ1) is 6.77. The third-order valence-corrected chi connectivity index (χ3v) is 2.34. The molecule has 0 bridgehead atoms. The van der Waals surface area contributed by atoms with Gasteiger partial charge in [0.2, 0.25) is 0 Å². The Morgan fingerprint density at radius 1 is 1.36 bits per heavy atom. The molecule has 14 heavy (non-hydrogen) atoms. The zero-order valence-corrected chi connectivity index (χ0v) is 9.21. The van der Waals surface area contributed by atoms with Crippen LogP contribution in [0.15, 0.2) is 24.3 Å². The molecule has 0 spiro atoms. The van der Waals surface area contributed by atoms with Gasteiger partial charge >= 0.3 is 0 Å². The SMILES string of the molecule is CCc1ccccc1OCC(C)NC. The minimum atomic E-state index is 0.389. The molecule has 1 rings (SSSR count). The van der Waals surface area contributed by atoms with Gasteiger partial charge in [0.1, 0.15) is 12.4 Å². The lowest BCUT2D eigenvalue weighted by Crippen LogP contribution is -2.28. The second kappa shape index (κ2) is 5.66. The number of hydrogen-bond donors (Lipinski definition) is 1. The first kappa shape index (κ1) is 11.1. The van der Waals surface area contributed by atoms with Gasteiger partial charge in [-0.1, -0.05) is 25.1 Å². The maximum atomic E-state index is 5.72. The van der Waals surface area contributed by atoms with Crippen molar-refractivity contribution in [2.45, 2.75) is 26.3 Å². The average molecular weight is 193 g/mol. The van der Waals surface area contributed by atoms with Gasteiger partial charge in [0, 0.05) is 6.04 Å². The minimum Gasteiger partial charge on any atom is -0.492 e. The normalized spacial score (nSPS) is 12.5. The molecule has 0 fully saturated rings. The maximum absolute atomic E-state index is 5.72. The zero-order valence-electron chi connectivity index (χ0n) is 9.21. The first-order valence-electron chi connectivity index (χ1n) is 5.16. The number of ether oxygens (including phenoxy) is 1. The van der Waals surface area contributed by atoms with E-state index < -0.39 is 0 Å². The van der Waals surface area contributed by atoms with Crippen molar-refractivity contribution in [2.24, 2.45) is 0 Å². The van der Waals surface area contributed by atoms with E-state index in [0.29, 0.717) is 12.6 Å². The van der Waals surface area contributed by atoms with Crippen LogP contribution >= 0.6 is 0 Å². The average Bonchev–Trinajstić information content (AvgIpc) is 2.26. The Morgan fingerprint density at radius 2 is 2.07 bits per heavy atom. The van der Waals surface area contributed by atoms with Crippen LogP contribution in [0.2, 0.25) is 0 Å². The van der Waals surface area contributed by atoms with Crippen LogP contribution in [-0.4, -0.2) is 19.7 Å². The molecule has 0 saturated heterocycles. The van der Waals surface area contributed by atoms with Crippen molar-refractivity contribution in [3.05, 3.63) is 29.8 Å². The van der Waals surface area contributed by atoms with Gasteiger partial charge in [-0.2, -0.15) is 0 Å². The Hall–Kier alpha value is -1.02. The smallest absolute Gasteiger partial charge is 0.122 e. The van der Waals surface area contributed by atoms with Gasteiger partial charge in [-0.3, -0.25) is 0 Å². The summed E-state index contributed by atoms with van der Waals surface area (Å²) in [5.41, 5.74) is 1.27. The zero-order chi connectivity index (χ0) is 10.4. The summed E-state index contributed by atoms with van der Waals surface area (Å²) in [6.45, 7) is 4.96. The van der Waals surface area contributed by atoms with Crippen LogP contribution in [-0.2, 0) is 6.42 Å². The van der Waals surface area contributed by atoms with E-state index in [1.807, 2.05) is 25.2 Å². The summed E-state index contributed by atoms with van der Waals surface area (Å²) >= 11 is 0. The van der Waals surface area contributed by atoms with Crippen molar-refractivity contribution in [1.82, 2.24) is 5.32 Å². The molecule has 0 amide bonds. The van der Waals surface area contributed by atoms with Crippen LogP contribution in [0.25, 0.3) is 0 Å². The summed E-state index contributed by atoms with van der Waals surface area (Å²) in [4.78, 5) is 0. The molecule has 2 nitrogen and oxygen atoms in total. The van der Waals surface area contributed by atoms with Gasteiger partial charge in [0.25, 0.3) is 0 Å². The fourth-order valence-electron chi connectivity index (χ4n) is 1.23. The van der Waals surface area contributed by atoms with Crippen LogP contribution in [0.1, 0.15) is 19.4 Å².